The van der Waals surface area contributed by atoms with Gasteiger partial charge < -0.3 is 10.1 Å². The summed E-state index contributed by atoms with van der Waals surface area (Å²) < 4.78 is 7.48. The molecule has 0 unspecified atom stereocenters. The summed E-state index contributed by atoms with van der Waals surface area (Å²) in [5.74, 6) is 0. The van der Waals surface area contributed by atoms with Crippen molar-refractivity contribution in [3.63, 3.8) is 0 Å². The molecule has 4 heteroatoms. The average Bonchev–Trinajstić information content (AvgIpc) is 2.87. The van der Waals surface area contributed by atoms with Crippen LogP contribution >= 0.6 is 0 Å². The van der Waals surface area contributed by atoms with Gasteiger partial charge in [-0.05, 0) is 31.7 Å². The Bertz CT molecular complexity index is 392. The van der Waals surface area contributed by atoms with Gasteiger partial charge in [0.1, 0.15) is 0 Å². The van der Waals surface area contributed by atoms with Crippen LogP contribution in [0.1, 0.15) is 56.7 Å². The average molecular weight is 263 g/mol. The highest BCUT2D eigenvalue weighted by atomic mass is 16.5. The Morgan fingerprint density at radius 1 is 1.32 bits per heavy atom. The van der Waals surface area contributed by atoms with Crippen LogP contribution in [0.4, 0.5) is 0 Å². The summed E-state index contributed by atoms with van der Waals surface area (Å²) in [6, 6.07) is 3.42. The van der Waals surface area contributed by atoms with E-state index >= 15 is 0 Å². The van der Waals surface area contributed by atoms with Crippen LogP contribution in [0, 0.1) is 0 Å². The minimum absolute atomic E-state index is 0.470. The van der Waals surface area contributed by atoms with Gasteiger partial charge in [-0.1, -0.05) is 19.3 Å². The van der Waals surface area contributed by atoms with Gasteiger partial charge in [-0.15, -0.1) is 0 Å². The van der Waals surface area contributed by atoms with E-state index in [-0.39, 0.29) is 0 Å². The second-order valence-electron chi connectivity index (χ2n) is 5.99. The lowest BCUT2D eigenvalue weighted by Gasteiger charge is -2.34. The van der Waals surface area contributed by atoms with Crippen LogP contribution < -0.4 is 5.32 Å². The van der Waals surface area contributed by atoms with Gasteiger partial charge in [0, 0.05) is 25.9 Å². The normalized spacial score (nSPS) is 28.3. The first-order chi connectivity index (χ1) is 9.35. The molecule has 1 heterocycles. The topological polar surface area (TPSA) is 39.1 Å². The molecule has 0 atom stereocenters. The summed E-state index contributed by atoms with van der Waals surface area (Å²) >= 11 is 0. The van der Waals surface area contributed by atoms with Gasteiger partial charge in [0.15, 0.2) is 0 Å². The highest BCUT2D eigenvalue weighted by Crippen LogP contribution is 2.27. The molecule has 2 aliphatic carbocycles. The molecule has 0 aliphatic heterocycles. The van der Waals surface area contributed by atoms with Crippen molar-refractivity contribution in [2.24, 2.45) is 0 Å². The highest BCUT2D eigenvalue weighted by Gasteiger charge is 2.28. The number of rotatable bonds is 5. The van der Waals surface area contributed by atoms with E-state index in [4.69, 9.17) is 9.84 Å². The van der Waals surface area contributed by atoms with Crippen LogP contribution in [0.2, 0.25) is 0 Å². The second-order valence-corrected chi connectivity index (χ2v) is 5.99. The fourth-order valence-corrected chi connectivity index (χ4v) is 3.19. The Morgan fingerprint density at radius 3 is 2.84 bits per heavy atom. The van der Waals surface area contributed by atoms with E-state index in [0.717, 1.165) is 19.4 Å². The summed E-state index contributed by atoms with van der Waals surface area (Å²) in [6.07, 6.45) is 11.6. The second kappa shape index (κ2) is 6.06. The molecule has 1 aromatic heterocycles. The maximum Gasteiger partial charge on any atom is 0.0762 e. The van der Waals surface area contributed by atoms with Crippen molar-refractivity contribution in [2.75, 3.05) is 7.11 Å². The molecule has 106 valence electrons. The third-order valence-electron chi connectivity index (χ3n) is 4.61. The molecule has 0 saturated heterocycles. The monoisotopic (exact) mass is 263 g/mol. The molecule has 1 N–H and O–H groups in total. The molecule has 1 aromatic rings. The maximum absolute atomic E-state index is 5.29. The Morgan fingerprint density at radius 2 is 2.11 bits per heavy atom. The molecule has 0 spiro atoms. The van der Waals surface area contributed by atoms with Crippen molar-refractivity contribution in [3.05, 3.63) is 18.0 Å². The molecular weight excluding hydrogens is 238 g/mol. The lowest BCUT2D eigenvalue weighted by atomic mass is 9.89. The maximum atomic E-state index is 5.29. The van der Waals surface area contributed by atoms with Crippen LogP contribution in [-0.4, -0.2) is 29.0 Å². The lowest BCUT2D eigenvalue weighted by molar-refractivity contribution is 0.0169. The molecule has 0 bridgehead atoms. The molecule has 0 radical (unpaired) electrons. The van der Waals surface area contributed by atoms with Gasteiger partial charge in [-0.25, -0.2) is 0 Å². The number of aromatic nitrogens is 2. The van der Waals surface area contributed by atoms with E-state index in [0.29, 0.717) is 18.2 Å². The summed E-state index contributed by atoms with van der Waals surface area (Å²) in [5.41, 5.74) is 1.17. The van der Waals surface area contributed by atoms with Crippen molar-refractivity contribution >= 4 is 0 Å². The minimum Gasteiger partial charge on any atom is -0.381 e. The van der Waals surface area contributed by atoms with E-state index in [1.54, 1.807) is 7.11 Å². The molecule has 2 aliphatic rings. The summed E-state index contributed by atoms with van der Waals surface area (Å²) in [6.45, 7) is 0.890. The fraction of sp³-hybridized carbons (Fsp3) is 0.800. The first kappa shape index (κ1) is 13.1. The SMILES string of the molecule is COC1CC(NCc2ccn(C3CCCCC3)n2)C1. The van der Waals surface area contributed by atoms with Crippen molar-refractivity contribution in [2.45, 2.75) is 69.7 Å². The Labute approximate surface area is 115 Å². The van der Waals surface area contributed by atoms with E-state index in [1.165, 1.54) is 37.8 Å². The molecule has 2 saturated carbocycles. The number of nitrogens with zero attached hydrogens (tertiary/aromatic N) is 2. The van der Waals surface area contributed by atoms with E-state index in [1.807, 2.05) is 0 Å². The van der Waals surface area contributed by atoms with Gasteiger partial charge in [0.25, 0.3) is 0 Å². The highest BCUT2D eigenvalue weighted by molar-refractivity contribution is 5.01. The molecular formula is C15H25N3O. The largest absolute Gasteiger partial charge is 0.381 e. The number of methoxy groups -OCH3 is 1. The van der Waals surface area contributed by atoms with Gasteiger partial charge >= 0.3 is 0 Å². The van der Waals surface area contributed by atoms with Gasteiger partial charge in [-0.2, -0.15) is 5.10 Å². The van der Waals surface area contributed by atoms with Crippen molar-refractivity contribution < 1.29 is 4.74 Å². The predicted octanol–water partition coefficient (Wildman–Crippen LogP) is 2.66. The number of ether oxygens (including phenoxy) is 1. The van der Waals surface area contributed by atoms with E-state index in [9.17, 15) is 0 Å². The van der Waals surface area contributed by atoms with Gasteiger partial charge in [0.05, 0.1) is 17.8 Å². The molecule has 3 rings (SSSR count). The number of nitrogens with one attached hydrogen (secondary N) is 1. The molecule has 0 amide bonds. The quantitative estimate of drug-likeness (QED) is 0.887. The minimum atomic E-state index is 0.470. The van der Waals surface area contributed by atoms with E-state index < -0.39 is 0 Å². The van der Waals surface area contributed by atoms with Crippen molar-refractivity contribution in [1.82, 2.24) is 15.1 Å². The Kier molecular flexibility index (Phi) is 4.18. The molecule has 0 aromatic carbocycles. The third kappa shape index (κ3) is 3.18. The van der Waals surface area contributed by atoms with Crippen LogP contribution in [0.3, 0.4) is 0 Å². The van der Waals surface area contributed by atoms with Crippen LogP contribution in [-0.2, 0) is 11.3 Å². The zero-order chi connectivity index (χ0) is 13.1. The summed E-state index contributed by atoms with van der Waals surface area (Å²) in [7, 11) is 1.80. The molecule has 2 fully saturated rings. The first-order valence-electron chi connectivity index (χ1n) is 7.65. The Balaban J connectivity index is 1.45. The van der Waals surface area contributed by atoms with Gasteiger partial charge in [0.2, 0.25) is 0 Å². The van der Waals surface area contributed by atoms with Crippen LogP contribution in [0.15, 0.2) is 12.3 Å². The van der Waals surface area contributed by atoms with Gasteiger partial charge in [-0.3, -0.25) is 4.68 Å². The smallest absolute Gasteiger partial charge is 0.0762 e. The van der Waals surface area contributed by atoms with Crippen molar-refractivity contribution in [3.8, 4) is 0 Å². The fourth-order valence-electron chi connectivity index (χ4n) is 3.19. The zero-order valence-corrected chi connectivity index (χ0v) is 11.8. The number of hydrogen-bond donors (Lipinski definition) is 1. The van der Waals surface area contributed by atoms with Crippen LogP contribution in [0.5, 0.6) is 0 Å². The first-order valence-corrected chi connectivity index (χ1v) is 7.65. The number of hydrogen-bond acceptors (Lipinski definition) is 3. The molecule has 4 nitrogen and oxygen atoms in total. The zero-order valence-electron chi connectivity index (χ0n) is 11.8. The standard InChI is InChI=1S/C15H25N3O/c1-19-15-9-13(10-15)16-11-12-7-8-18(17-12)14-5-3-2-4-6-14/h7-8,13-16H,2-6,9-11H2,1H3. The summed E-state index contributed by atoms with van der Waals surface area (Å²) in [4.78, 5) is 0. The summed E-state index contributed by atoms with van der Waals surface area (Å²) in [5, 5.41) is 8.29. The predicted molar refractivity (Wildman–Crippen MR) is 75.0 cm³/mol. The molecule has 19 heavy (non-hydrogen) atoms. The van der Waals surface area contributed by atoms with E-state index in [2.05, 4.69) is 22.3 Å². The lowest BCUT2D eigenvalue weighted by Crippen LogP contribution is -2.44. The Hall–Kier alpha value is -0.870. The van der Waals surface area contributed by atoms with Crippen LogP contribution in [0.25, 0.3) is 0 Å². The van der Waals surface area contributed by atoms with Crippen molar-refractivity contribution in [1.29, 1.82) is 0 Å². The third-order valence-corrected chi connectivity index (χ3v) is 4.61.